The van der Waals surface area contributed by atoms with Gasteiger partial charge in [0.15, 0.2) is 0 Å². The van der Waals surface area contributed by atoms with Crippen LogP contribution in [0.4, 0.5) is 0 Å². The van der Waals surface area contributed by atoms with Crippen molar-refractivity contribution in [1.29, 1.82) is 0 Å². The maximum absolute atomic E-state index is 11.3. The highest BCUT2D eigenvalue weighted by Gasteiger charge is 2.31. The maximum Gasteiger partial charge on any atom is 0.234 e. The van der Waals surface area contributed by atoms with E-state index >= 15 is 0 Å². The van der Waals surface area contributed by atoms with E-state index in [2.05, 4.69) is 26.1 Å². The molecule has 3 N–H and O–H groups in total. The molecule has 20 heavy (non-hydrogen) atoms. The number of carbonyl (C=O) groups is 1. The van der Waals surface area contributed by atoms with E-state index in [-0.39, 0.29) is 11.9 Å². The van der Waals surface area contributed by atoms with Gasteiger partial charge in [-0.3, -0.25) is 4.79 Å². The number of hydrogen-bond donors (Lipinski definition) is 2. The van der Waals surface area contributed by atoms with E-state index in [1.54, 1.807) is 0 Å². The summed E-state index contributed by atoms with van der Waals surface area (Å²) in [4.78, 5) is 11.3. The second-order valence-corrected chi connectivity index (χ2v) is 6.54. The number of likely N-dealkylation sites (N-methyl/N-ethyl adjacent to an activating group) is 1. The van der Waals surface area contributed by atoms with Crippen molar-refractivity contribution >= 4 is 5.91 Å². The third kappa shape index (κ3) is 5.41. The molecule has 0 heterocycles. The Hall–Kier alpha value is -0.610. The molecule has 4 atom stereocenters. The summed E-state index contributed by atoms with van der Waals surface area (Å²) in [5.41, 5.74) is 5.38. The summed E-state index contributed by atoms with van der Waals surface area (Å²) < 4.78 is 6.11. The van der Waals surface area contributed by atoms with E-state index in [0.717, 1.165) is 18.9 Å². The molecule has 0 saturated heterocycles. The highest BCUT2D eigenvalue weighted by Crippen LogP contribution is 2.35. The predicted octanol–water partition coefficient (Wildman–Crippen LogP) is 2.32. The molecule has 0 aliphatic heterocycles. The number of primary amides is 1. The van der Waals surface area contributed by atoms with Gasteiger partial charge in [-0.1, -0.05) is 34.1 Å². The highest BCUT2D eigenvalue weighted by molar-refractivity contribution is 5.79. The second-order valence-electron chi connectivity index (χ2n) is 6.54. The Labute approximate surface area is 123 Å². The van der Waals surface area contributed by atoms with Crippen LogP contribution in [0.2, 0.25) is 0 Å². The predicted molar refractivity (Wildman–Crippen MR) is 82.4 cm³/mol. The third-order valence-electron chi connectivity index (χ3n) is 4.49. The van der Waals surface area contributed by atoms with E-state index in [1.165, 1.54) is 12.8 Å². The first-order valence-corrected chi connectivity index (χ1v) is 8.10. The Morgan fingerprint density at radius 3 is 2.65 bits per heavy atom. The zero-order valence-electron chi connectivity index (χ0n) is 13.5. The minimum Gasteiger partial charge on any atom is -0.378 e. The third-order valence-corrected chi connectivity index (χ3v) is 4.49. The summed E-state index contributed by atoms with van der Waals surface area (Å²) in [6.07, 6.45) is 4.72. The summed E-state index contributed by atoms with van der Waals surface area (Å²) in [5.74, 6) is 1.77. The van der Waals surface area contributed by atoms with Gasteiger partial charge in [0.1, 0.15) is 0 Å². The fourth-order valence-corrected chi connectivity index (χ4v) is 3.23. The standard InChI is InChI=1S/C16H32N2O2/c1-5-18-14(16(17)19)8-9-20-15-10-12(4)6-7-13(15)11(2)3/h11-15,18H,5-10H2,1-4H3,(H2,17,19). The van der Waals surface area contributed by atoms with Gasteiger partial charge >= 0.3 is 0 Å². The molecule has 118 valence electrons. The number of nitrogens with two attached hydrogens (primary N) is 1. The van der Waals surface area contributed by atoms with Crippen LogP contribution in [-0.4, -0.2) is 31.2 Å². The molecule has 1 amide bonds. The van der Waals surface area contributed by atoms with Crippen LogP contribution in [0.15, 0.2) is 0 Å². The maximum atomic E-state index is 11.3. The molecule has 0 spiro atoms. The zero-order valence-corrected chi connectivity index (χ0v) is 13.5. The Morgan fingerprint density at radius 1 is 1.40 bits per heavy atom. The fraction of sp³-hybridized carbons (Fsp3) is 0.938. The van der Waals surface area contributed by atoms with Crippen LogP contribution >= 0.6 is 0 Å². The monoisotopic (exact) mass is 284 g/mol. The first-order chi connectivity index (χ1) is 9.45. The van der Waals surface area contributed by atoms with Crippen molar-refractivity contribution in [2.24, 2.45) is 23.5 Å². The van der Waals surface area contributed by atoms with Crippen LogP contribution in [0.5, 0.6) is 0 Å². The van der Waals surface area contributed by atoms with Crippen molar-refractivity contribution < 1.29 is 9.53 Å². The number of ether oxygens (including phenoxy) is 1. The molecular weight excluding hydrogens is 252 g/mol. The van der Waals surface area contributed by atoms with E-state index in [4.69, 9.17) is 10.5 Å². The molecular formula is C16H32N2O2. The van der Waals surface area contributed by atoms with Crippen molar-refractivity contribution in [3.8, 4) is 0 Å². The van der Waals surface area contributed by atoms with Gasteiger partial charge in [-0.2, -0.15) is 0 Å². The van der Waals surface area contributed by atoms with Gasteiger partial charge in [0.2, 0.25) is 5.91 Å². The van der Waals surface area contributed by atoms with Crippen LogP contribution in [0, 0.1) is 17.8 Å². The molecule has 0 aromatic heterocycles. The van der Waals surface area contributed by atoms with Crippen LogP contribution in [0.25, 0.3) is 0 Å². The molecule has 4 nitrogen and oxygen atoms in total. The van der Waals surface area contributed by atoms with Crippen molar-refractivity contribution in [1.82, 2.24) is 5.32 Å². The van der Waals surface area contributed by atoms with Crippen molar-refractivity contribution in [2.45, 2.75) is 65.5 Å². The Kier molecular flexibility index (Phi) is 7.52. The molecule has 0 aromatic carbocycles. The Bertz CT molecular complexity index is 294. The molecule has 1 aliphatic carbocycles. The van der Waals surface area contributed by atoms with Crippen LogP contribution in [0.3, 0.4) is 0 Å². The van der Waals surface area contributed by atoms with Gasteiger partial charge < -0.3 is 15.8 Å². The van der Waals surface area contributed by atoms with Crippen LogP contribution in [-0.2, 0) is 9.53 Å². The topological polar surface area (TPSA) is 64.3 Å². The number of nitrogens with one attached hydrogen (secondary N) is 1. The zero-order chi connectivity index (χ0) is 15.1. The van der Waals surface area contributed by atoms with E-state index in [1.807, 2.05) is 6.92 Å². The molecule has 1 saturated carbocycles. The molecule has 1 rings (SSSR count). The molecule has 0 bridgehead atoms. The average molecular weight is 284 g/mol. The second kappa shape index (κ2) is 8.63. The average Bonchev–Trinajstić information content (AvgIpc) is 2.37. The summed E-state index contributed by atoms with van der Waals surface area (Å²) in [6.45, 7) is 10.2. The van der Waals surface area contributed by atoms with Gasteiger partial charge in [0.25, 0.3) is 0 Å². The lowest BCUT2D eigenvalue weighted by atomic mass is 9.75. The lowest BCUT2D eigenvalue weighted by Crippen LogP contribution is -2.42. The van der Waals surface area contributed by atoms with Crippen molar-refractivity contribution in [3.05, 3.63) is 0 Å². The van der Waals surface area contributed by atoms with E-state index in [9.17, 15) is 4.79 Å². The van der Waals surface area contributed by atoms with E-state index in [0.29, 0.717) is 31.0 Å². The van der Waals surface area contributed by atoms with Crippen molar-refractivity contribution in [2.75, 3.05) is 13.2 Å². The summed E-state index contributed by atoms with van der Waals surface area (Å²) >= 11 is 0. The lowest BCUT2D eigenvalue weighted by molar-refractivity contribution is -0.121. The molecule has 0 aromatic rings. The summed E-state index contributed by atoms with van der Waals surface area (Å²) in [6, 6.07) is -0.265. The minimum absolute atomic E-state index is 0.265. The van der Waals surface area contributed by atoms with Crippen LogP contribution < -0.4 is 11.1 Å². The van der Waals surface area contributed by atoms with Gasteiger partial charge in [-0.25, -0.2) is 0 Å². The first kappa shape index (κ1) is 17.4. The van der Waals surface area contributed by atoms with Gasteiger partial charge in [0, 0.05) is 6.61 Å². The quantitative estimate of drug-likeness (QED) is 0.719. The molecule has 4 heteroatoms. The lowest BCUT2D eigenvalue weighted by Gasteiger charge is -2.37. The van der Waals surface area contributed by atoms with Gasteiger partial charge in [-0.05, 0) is 43.6 Å². The number of amides is 1. The Balaban J connectivity index is 2.42. The van der Waals surface area contributed by atoms with E-state index < -0.39 is 0 Å². The highest BCUT2D eigenvalue weighted by atomic mass is 16.5. The summed E-state index contributed by atoms with van der Waals surface area (Å²) in [5, 5.41) is 3.11. The number of rotatable bonds is 8. The SMILES string of the molecule is CCNC(CCOC1CC(C)CCC1C(C)C)C(N)=O. The first-order valence-electron chi connectivity index (χ1n) is 8.10. The normalized spacial score (nSPS) is 28.6. The van der Waals surface area contributed by atoms with Gasteiger partial charge in [0.05, 0.1) is 12.1 Å². The van der Waals surface area contributed by atoms with Gasteiger partial charge in [-0.15, -0.1) is 0 Å². The van der Waals surface area contributed by atoms with Crippen molar-refractivity contribution in [3.63, 3.8) is 0 Å². The molecule has 4 unspecified atom stereocenters. The summed E-state index contributed by atoms with van der Waals surface area (Å²) in [7, 11) is 0. The largest absolute Gasteiger partial charge is 0.378 e. The number of hydrogen-bond acceptors (Lipinski definition) is 3. The molecule has 1 aliphatic rings. The smallest absolute Gasteiger partial charge is 0.234 e. The number of carbonyl (C=O) groups excluding carboxylic acids is 1. The minimum atomic E-state index is -0.284. The molecule has 0 radical (unpaired) electrons. The fourth-order valence-electron chi connectivity index (χ4n) is 3.23. The Morgan fingerprint density at radius 2 is 2.10 bits per heavy atom. The van der Waals surface area contributed by atoms with Crippen LogP contribution in [0.1, 0.15) is 53.4 Å². The molecule has 1 fully saturated rings.